The molecule has 1 atom stereocenters. The summed E-state index contributed by atoms with van der Waals surface area (Å²) in [6.45, 7) is -4.55. The molecule has 3 aromatic carbocycles. The van der Waals surface area contributed by atoms with Gasteiger partial charge in [-0.1, -0.05) is 12.1 Å². The van der Waals surface area contributed by atoms with Crippen LogP contribution >= 0.6 is 0 Å². The molecule has 0 aromatic heterocycles. The van der Waals surface area contributed by atoms with Gasteiger partial charge in [-0.2, -0.15) is 22.0 Å². The summed E-state index contributed by atoms with van der Waals surface area (Å²) in [5.74, 6) is -2.92. The fraction of sp³-hybridized carbons (Fsp3) is 0.345. The topological polar surface area (TPSA) is 134 Å². The van der Waals surface area contributed by atoms with Gasteiger partial charge in [-0.15, -0.1) is 0 Å². The smallest absolute Gasteiger partial charge is 0.416 e. The lowest BCUT2D eigenvalue weighted by atomic mass is 9.57. The summed E-state index contributed by atoms with van der Waals surface area (Å²) in [7, 11) is -4.80. The molecule has 9 nitrogen and oxygen atoms in total. The van der Waals surface area contributed by atoms with E-state index in [-0.39, 0.29) is 41.8 Å². The number of carboxylic acids is 1. The van der Waals surface area contributed by atoms with E-state index < -0.39 is 81.1 Å². The van der Waals surface area contributed by atoms with E-state index in [9.17, 15) is 54.9 Å². The first kappa shape index (κ1) is 32.4. The van der Waals surface area contributed by atoms with Gasteiger partial charge in [0.05, 0.1) is 40.3 Å². The predicted octanol–water partition coefficient (Wildman–Crippen LogP) is 5.05. The van der Waals surface area contributed by atoms with Crippen molar-refractivity contribution in [2.45, 2.75) is 48.7 Å². The number of aliphatic carboxylic acids is 1. The minimum atomic E-state index is -4.87. The van der Waals surface area contributed by atoms with Crippen molar-refractivity contribution in [1.82, 2.24) is 0 Å². The Morgan fingerprint density at radius 2 is 1.78 bits per heavy atom. The molecule has 1 saturated carbocycles. The molecular weight excluding hydrogens is 636 g/mol. The molecule has 0 amide bonds. The zero-order valence-electron chi connectivity index (χ0n) is 23.0. The molecule has 1 fully saturated rings. The van der Waals surface area contributed by atoms with Crippen LogP contribution in [0, 0.1) is 11.2 Å². The standard InChI is InChI=1S/C29H25F6NO8S/c30-19-6-17(7-20(10-19)44-26(31)32)16-4-5-24-23(8-16)36(45(41,42)22-3-1-2-18(9-22)29(33,34)35)12-21(43-24)11-27(25(38)39)13-28(40,14-27)15-37/h1-10,21,26,37,40H,11-15H2,(H,38,39). The number of alkyl halides is 5. The van der Waals surface area contributed by atoms with Gasteiger partial charge in [-0.25, -0.2) is 12.8 Å². The van der Waals surface area contributed by atoms with Gasteiger partial charge < -0.3 is 24.8 Å². The Kier molecular flexibility index (Phi) is 8.21. The largest absolute Gasteiger partial charge is 0.486 e. The molecule has 0 radical (unpaired) electrons. The fourth-order valence-electron chi connectivity index (χ4n) is 5.82. The highest BCUT2D eigenvalue weighted by Crippen LogP contribution is 2.53. The average Bonchev–Trinajstić information content (AvgIpc) is 2.94. The first-order valence-corrected chi connectivity index (χ1v) is 14.7. The first-order chi connectivity index (χ1) is 20.9. The van der Waals surface area contributed by atoms with E-state index >= 15 is 0 Å². The van der Waals surface area contributed by atoms with E-state index in [1.54, 1.807) is 0 Å². The molecule has 5 rings (SSSR count). The molecule has 3 aromatic rings. The molecule has 2 aliphatic rings. The lowest BCUT2D eigenvalue weighted by molar-refractivity contribution is -0.193. The van der Waals surface area contributed by atoms with Gasteiger partial charge in [0.2, 0.25) is 0 Å². The van der Waals surface area contributed by atoms with Crippen LogP contribution in [0.1, 0.15) is 24.8 Å². The Balaban J connectivity index is 1.59. The molecule has 16 heteroatoms. The molecule has 0 bridgehead atoms. The van der Waals surface area contributed by atoms with E-state index in [1.807, 2.05) is 0 Å². The number of nitrogens with zero attached hydrogens (tertiary/aromatic N) is 1. The minimum absolute atomic E-state index is 0.00502. The number of carboxylic acid groups (broad SMARTS) is 1. The molecule has 1 heterocycles. The van der Waals surface area contributed by atoms with E-state index in [4.69, 9.17) is 4.74 Å². The van der Waals surface area contributed by atoms with Crippen LogP contribution in [0.3, 0.4) is 0 Å². The second kappa shape index (κ2) is 11.4. The first-order valence-electron chi connectivity index (χ1n) is 13.3. The molecule has 3 N–H and O–H groups in total. The SMILES string of the molecule is O=C(O)C1(CC2CN(S(=O)(=O)c3cccc(C(F)(F)F)c3)c3cc(-c4cc(F)cc(OC(F)F)c4)ccc3O2)CC(O)(CO)C1. The van der Waals surface area contributed by atoms with Crippen molar-refractivity contribution in [2.75, 3.05) is 17.5 Å². The van der Waals surface area contributed by atoms with Crippen LogP contribution in [0.4, 0.5) is 32.0 Å². The number of hydrogen-bond acceptors (Lipinski definition) is 7. The van der Waals surface area contributed by atoms with E-state index in [2.05, 4.69) is 4.74 Å². The van der Waals surface area contributed by atoms with Crippen molar-refractivity contribution >= 4 is 21.7 Å². The molecule has 1 aliphatic heterocycles. The number of aliphatic hydroxyl groups is 2. The number of carbonyl (C=O) groups is 1. The van der Waals surface area contributed by atoms with Crippen LogP contribution in [0.25, 0.3) is 11.1 Å². The van der Waals surface area contributed by atoms with E-state index in [0.29, 0.717) is 18.2 Å². The van der Waals surface area contributed by atoms with Gasteiger partial charge >= 0.3 is 18.8 Å². The van der Waals surface area contributed by atoms with Crippen molar-refractivity contribution in [2.24, 2.45) is 5.41 Å². The van der Waals surface area contributed by atoms with Crippen LogP contribution in [-0.4, -0.2) is 61.2 Å². The van der Waals surface area contributed by atoms with Crippen molar-refractivity contribution in [3.63, 3.8) is 0 Å². The van der Waals surface area contributed by atoms with Gasteiger partial charge in [-0.3, -0.25) is 9.10 Å². The second-order valence-corrected chi connectivity index (χ2v) is 12.9. The Morgan fingerprint density at radius 3 is 2.40 bits per heavy atom. The number of benzene rings is 3. The predicted molar refractivity (Wildman–Crippen MR) is 145 cm³/mol. The van der Waals surface area contributed by atoms with E-state index in [1.165, 1.54) is 18.2 Å². The number of rotatable bonds is 9. The molecule has 0 saturated heterocycles. The number of aliphatic hydroxyl groups excluding tert-OH is 1. The number of fused-ring (bicyclic) bond motifs is 1. The summed E-state index contributed by atoms with van der Waals surface area (Å²) in [5, 5.41) is 29.7. The third-order valence-electron chi connectivity index (χ3n) is 7.77. The molecule has 1 unspecified atom stereocenters. The maximum atomic E-state index is 14.3. The summed E-state index contributed by atoms with van der Waals surface area (Å²) < 4.78 is 119. The molecule has 0 spiro atoms. The fourth-order valence-corrected chi connectivity index (χ4v) is 7.37. The maximum Gasteiger partial charge on any atom is 0.416 e. The van der Waals surface area contributed by atoms with Crippen LogP contribution < -0.4 is 13.8 Å². The molecule has 45 heavy (non-hydrogen) atoms. The minimum Gasteiger partial charge on any atom is -0.486 e. The summed E-state index contributed by atoms with van der Waals surface area (Å²) in [4.78, 5) is 11.5. The van der Waals surface area contributed by atoms with Crippen LogP contribution in [-0.2, 0) is 21.0 Å². The lowest BCUT2D eigenvalue weighted by Gasteiger charge is -2.51. The summed E-state index contributed by atoms with van der Waals surface area (Å²) in [6, 6.07) is 9.55. The normalized spacial score (nSPS) is 23.2. The Morgan fingerprint density at radius 1 is 1.07 bits per heavy atom. The third kappa shape index (κ3) is 6.39. The lowest BCUT2D eigenvalue weighted by Crippen LogP contribution is -2.60. The van der Waals surface area contributed by atoms with Crippen molar-refractivity contribution < 1.29 is 64.3 Å². The van der Waals surface area contributed by atoms with Crippen molar-refractivity contribution in [3.05, 3.63) is 72.0 Å². The zero-order valence-corrected chi connectivity index (χ0v) is 23.8. The van der Waals surface area contributed by atoms with Gasteiger partial charge in [0.25, 0.3) is 10.0 Å². The Bertz CT molecular complexity index is 1730. The van der Waals surface area contributed by atoms with Crippen molar-refractivity contribution in [3.8, 4) is 22.6 Å². The van der Waals surface area contributed by atoms with Gasteiger partial charge in [-0.05, 0) is 66.4 Å². The molecule has 242 valence electrons. The summed E-state index contributed by atoms with van der Waals surface area (Å²) in [5.41, 5.74) is -4.61. The summed E-state index contributed by atoms with van der Waals surface area (Å²) in [6.07, 6.45) is -7.11. The molecular formula is C29H25F6NO8S. The Hall–Kier alpha value is -4.02. The van der Waals surface area contributed by atoms with E-state index in [0.717, 1.165) is 28.6 Å². The van der Waals surface area contributed by atoms with Crippen LogP contribution in [0.5, 0.6) is 11.5 Å². The highest BCUT2D eigenvalue weighted by Gasteiger charge is 2.59. The summed E-state index contributed by atoms with van der Waals surface area (Å²) >= 11 is 0. The van der Waals surface area contributed by atoms with Gasteiger partial charge in [0.1, 0.15) is 23.4 Å². The number of anilines is 1. The Labute approximate surface area is 252 Å². The van der Waals surface area contributed by atoms with Crippen molar-refractivity contribution in [1.29, 1.82) is 0 Å². The van der Waals surface area contributed by atoms with Gasteiger partial charge in [0, 0.05) is 12.5 Å². The quantitative estimate of drug-likeness (QED) is 0.272. The molecule has 1 aliphatic carbocycles. The second-order valence-electron chi connectivity index (χ2n) is 11.1. The van der Waals surface area contributed by atoms with Crippen LogP contribution in [0.15, 0.2) is 65.6 Å². The average molecular weight is 662 g/mol. The monoisotopic (exact) mass is 661 g/mol. The van der Waals surface area contributed by atoms with Gasteiger partial charge in [0.15, 0.2) is 0 Å². The zero-order chi connectivity index (χ0) is 32.9. The number of halogens is 6. The van der Waals surface area contributed by atoms with Crippen LogP contribution in [0.2, 0.25) is 0 Å². The highest BCUT2D eigenvalue weighted by atomic mass is 32.2. The number of sulfonamides is 1. The highest BCUT2D eigenvalue weighted by molar-refractivity contribution is 7.92. The number of hydrogen-bond donors (Lipinski definition) is 3. The third-order valence-corrected chi connectivity index (χ3v) is 9.55. The number of ether oxygens (including phenoxy) is 2. The maximum absolute atomic E-state index is 14.3.